The van der Waals surface area contributed by atoms with Gasteiger partial charge in [-0.25, -0.2) is 4.79 Å². The van der Waals surface area contributed by atoms with Gasteiger partial charge in [0.25, 0.3) is 0 Å². The molecule has 0 aromatic heterocycles. The summed E-state index contributed by atoms with van der Waals surface area (Å²) >= 11 is 12.1. The van der Waals surface area contributed by atoms with Crippen molar-refractivity contribution in [2.24, 2.45) is 5.92 Å². The molecule has 2 fully saturated rings. The summed E-state index contributed by atoms with van der Waals surface area (Å²) in [5.41, 5.74) is 2.97. The number of halogens is 2. The molecule has 2 atom stereocenters. The van der Waals surface area contributed by atoms with E-state index in [0.29, 0.717) is 22.3 Å². The van der Waals surface area contributed by atoms with Crippen molar-refractivity contribution in [3.8, 4) is 0 Å². The minimum atomic E-state index is -0.291. The Morgan fingerprint density at radius 2 is 1.77 bits per heavy atom. The zero-order chi connectivity index (χ0) is 24.8. The molecule has 0 radical (unpaired) electrons. The number of nitrogens with one attached hydrogen (secondary N) is 3. The largest absolute Gasteiger partial charge is 0.352 e. The fourth-order valence-electron chi connectivity index (χ4n) is 4.72. The topological polar surface area (TPSA) is 73.5 Å². The van der Waals surface area contributed by atoms with Crippen LogP contribution in [0.2, 0.25) is 10.0 Å². The number of rotatable bonds is 9. The Bertz CT molecular complexity index is 1010. The fraction of sp³-hybridized carbons (Fsp3) is 0.481. The van der Waals surface area contributed by atoms with Gasteiger partial charge in [-0.05, 0) is 62.9 Å². The van der Waals surface area contributed by atoms with Gasteiger partial charge in [-0.15, -0.1) is 0 Å². The molecule has 1 saturated heterocycles. The first-order valence-corrected chi connectivity index (χ1v) is 13.2. The third kappa shape index (κ3) is 7.60. The van der Waals surface area contributed by atoms with E-state index in [0.717, 1.165) is 45.3 Å². The summed E-state index contributed by atoms with van der Waals surface area (Å²) in [5, 5.41) is 10.0. The van der Waals surface area contributed by atoms with Crippen molar-refractivity contribution < 1.29 is 9.59 Å². The number of hydrogen-bond acceptors (Lipinski definition) is 3. The second kappa shape index (κ2) is 12.1. The molecule has 8 heteroatoms. The van der Waals surface area contributed by atoms with Crippen molar-refractivity contribution in [1.82, 2.24) is 15.5 Å². The maximum absolute atomic E-state index is 12.6. The number of aryl methyl sites for hydroxylation is 1. The number of amides is 3. The molecular formula is C27H34Cl2N4O2. The van der Waals surface area contributed by atoms with E-state index in [-0.39, 0.29) is 29.8 Å². The molecular weight excluding hydrogens is 483 g/mol. The van der Waals surface area contributed by atoms with Gasteiger partial charge in [0.05, 0.1) is 0 Å². The van der Waals surface area contributed by atoms with Crippen molar-refractivity contribution >= 4 is 40.8 Å². The van der Waals surface area contributed by atoms with Gasteiger partial charge in [0.2, 0.25) is 5.91 Å². The van der Waals surface area contributed by atoms with E-state index in [1.54, 1.807) is 18.2 Å². The van der Waals surface area contributed by atoms with Crippen molar-refractivity contribution in [3.63, 3.8) is 0 Å². The Kier molecular flexibility index (Phi) is 8.93. The summed E-state index contributed by atoms with van der Waals surface area (Å²) in [6.45, 7) is 5.38. The van der Waals surface area contributed by atoms with Crippen LogP contribution in [-0.2, 0) is 4.79 Å². The Labute approximate surface area is 217 Å². The lowest BCUT2D eigenvalue weighted by Crippen LogP contribution is -2.42. The van der Waals surface area contributed by atoms with Crippen LogP contribution in [0.4, 0.5) is 10.5 Å². The predicted molar refractivity (Wildman–Crippen MR) is 142 cm³/mol. The molecule has 2 aromatic rings. The van der Waals surface area contributed by atoms with Crippen LogP contribution in [-0.4, -0.2) is 49.1 Å². The quantitative estimate of drug-likeness (QED) is 0.406. The molecule has 3 N–H and O–H groups in total. The van der Waals surface area contributed by atoms with E-state index in [1.165, 1.54) is 17.5 Å². The van der Waals surface area contributed by atoms with Crippen LogP contribution in [0.1, 0.15) is 49.1 Å². The highest BCUT2D eigenvalue weighted by Gasteiger charge is 2.30. The van der Waals surface area contributed by atoms with Crippen LogP contribution in [0, 0.1) is 12.8 Å². The van der Waals surface area contributed by atoms with E-state index < -0.39 is 0 Å². The number of likely N-dealkylation sites (tertiary alicyclic amines) is 1. The SMILES string of the molecule is Cc1ccc(C(CCN2CCC(NC(=O)C3CCC3)C2)CNC(=O)Nc2cc(Cl)cc(Cl)c2)cc1. The van der Waals surface area contributed by atoms with Crippen molar-refractivity contribution in [2.75, 3.05) is 31.5 Å². The number of urea groups is 1. The molecule has 1 heterocycles. The second-order valence-electron chi connectivity index (χ2n) is 9.81. The van der Waals surface area contributed by atoms with E-state index >= 15 is 0 Å². The molecule has 2 aliphatic rings. The Balaban J connectivity index is 1.29. The minimum Gasteiger partial charge on any atom is -0.352 e. The second-order valence-corrected chi connectivity index (χ2v) is 10.7. The standard InChI is InChI=1S/C27H34Cl2N4O2/c1-18-5-7-19(8-6-18)21(16-30-27(35)32-25-14-22(28)13-23(29)15-25)9-11-33-12-10-24(17-33)31-26(34)20-3-2-4-20/h5-8,13-15,20-21,24H,2-4,9-12,16-17H2,1H3,(H,31,34)(H2,30,32,35). The number of benzene rings is 2. The normalized spacial score (nSPS) is 19.1. The van der Waals surface area contributed by atoms with Crippen LogP contribution < -0.4 is 16.0 Å². The molecule has 4 rings (SSSR count). The first-order valence-electron chi connectivity index (χ1n) is 12.5. The molecule has 0 spiro atoms. The van der Waals surface area contributed by atoms with Crippen molar-refractivity contribution in [1.29, 1.82) is 0 Å². The first-order chi connectivity index (χ1) is 16.9. The van der Waals surface area contributed by atoms with Gasteiger partial charge in [-0.3, -0.25) is 4.79 Å². The average Bonchev–Trinajstić information content (AvgIpc) is 3.19. The van der Waals surface area contributed by atoms with Crippen molar-refractivity contribution in [3.05, 3.63) is 63.6 Å². The van der Waals surface area contributed by atoms with Gasteiger partial charge in [-0.1, -0.05) is 59.5 Å². The molecule has 1 saturated carbocycles. The summed E-state index contributed by atoms with van der Waals surface area (Å²) in [5.74, 6) is 0.639. The van der Waals surface area contributed by atoms with E-state index in [4.69, 9.17) is 23.2 Å². The van der Waals surface area contributed by atoms with Crippen LogP contribution >= 0.6 is 23.2 Å². The maximum Gasteiger partial charge on any atom is 0.319 e. The molecule has 2 unspecified atom stereocenters. The Morgan fingerprint density at radius 3 is 2.43 bits per heavy atom. The van der Waals surface area contributed by atoms with Gasteiger partial charge in [0.1, 0.15) is 0 Å². The lowest BCUT2D eigenvalue weighted by molar-refractivity contribution is -0.128. The van der Waals surface area contributed by atoms with Gasteiger partial charge >= 0.3 is 6.03 Å². The highest BCUT2D eigenvalue weighted by molar-refractivity contribution is 6.35. The number of carbonyl (C=O) groups is 2. The molecule has 35 heavy (non-hydrogen) atoms. The summed E-state index contributed by atoms with van der Waals surface area (Å²) in [7, 11) is 0. The van der Waals surface area contributed by atoms with Gasteiger partial charge in [-0.2, -0.15) is 0 Å². The summed E-state index contributed by atoms with van der Waals surface area (Å²) in [6, 6.07) is 13.4. The molecule has 1 aliphatic carbocycles. The first kappa shape index (κ1) is 25.8. The maximum atomic E-state index is 12.6. The number of nitrogens with zero attached hydrogens (tertiary/aromatic N) is 1. The Morgan fingerprint density at radius 1 is 1.06 bits per heavy atom. The Hall–Kier alpha value is -2.28. The number of carbonyl (C=O) groups excluding carboxylic acids is 2. The van der Waals surface area contributed by atoms with Crippen LogP contribution in [0.25, 0.3) is 0 Å². The average molecular weight is 518 g/mol. The number of anilines is 1. The molecule has 6 nitrogen and oxygen atoms in total. The third-order valence-electron chi connectivity index (χ3n) is 7.07. The monoisotopic (exact) mass is 516 g/mol. The molecule has 0 bridgehead atoms. The third-order valence-corrected chi connectivity index (χ3v) is 7.50. The summed E-state index contributed by atoms with van der Waals surface area (Å²) in [4.78, 5) is 27.3. The molecule has 188 valence electrons. The van der Waals surface area contributed by atoms with Crippen LogP contribution in [0.3, 0.4) is 0 Å². The summed E-state index contributed by atoms with van der Waals surface area (Å²) in [6.07, 6.45) is 5.15. The van der Waals surface area contributed by atoms with E-state index in [2.05, 4.69) is 52.0 Å². The highest BCUT2D eigenvalue weighted by atomic mass is 35.5. The van der Waals surface area contributed by atoms with Crippen molar-refractivity contribution in [2.45, 2.75) is 51.0 Å². The molecule has 1 aliphatic heterocycles. The predicted octanol–water partition coefficient (Wildman–Crippen LogP) is 5.59. The lowest BCUT2D eigenvalue weighted by atomic mass is 9.84. The number of hydrogen-bond donors (Lipinski definition) is 3. The van der Waals surface area contributed by atoms with Gasteiger partial charge < -0.3 is 20.9 Å². The van der Waals surface area contributed by atoms with E-state index in [1.807, 2.05) is 0 Å². The van der Waals surface area contributed by atoms with E-state index in [9.17, 15) is 9.59 Å². The molecule has 2 aromatic carbocycles. The highest BCUT2D eigenvalue weighted by Crippen LogP contribution is 2.27. The minimum absolute atomic E-state index is 0.174. The summed E-state index contributed by atoms with van der Waals surface area (Å²) < 4.78 is 0. The van der Waals surface area contributed by atoms with Gasteiger partial charge in [0, 0.05) is 53.2 Å². The zero-order valence-corrected chi connectivity index (χ0v) is 21.7. The fourth-order valence-corrected chi connectivity index (χ4v) is 5.25. The smallest absolute Gasteiger partial charge is 0.319 e. The molecule has 3 amide bonds. The zero-order valence-electron chi connectivity index (χ0n) is 20.2. The lowest BCUT2D eigenvalue weighted by Gasteiger charge is -2.26. The van der Waals surface area contributed by atoms with Crippen LogP contribution in [0.5, 0.6) is 0 Å². The van der Waals surface area contributed by atoms with Gasteiger partial charge in [0.15, 0.2) is 0 Å². The van der Waals surface area contributed by atoms with Crippen LogP contribution in [0.15, 0.2) is 42.5 Å².